The highest BCUT2D eigenvalue weighted by atomic mass is 127. The number of rotatable bonds is 11. The van der Waals surface area contributed by atoms with E-state index < -0.39 is 48.5 Å². The van der Waals surface area contributed by atoms with Crippen LogP contribution in [0.1, 0.15) is 46.5 Å². The third kappa shape index (κ3) is 6.82. The predicted molar refractivity (Wildman–Crippen MR) is 105 cm³/mol. The molecule has 1 nitrogen and oxygen atoms in total. The van der Waals surface area contributed by atoms with Crippen LogP contribution >= 0.6 is 22.6 Å². The Hall–Kier alpha value is 0.137. The summed E-state index contributed by atoms with van der Waals surface area (Å²) in [6.07, 6.45) is -8.78. The average molecular weight is 610 g/mol. The first-order valence-electron chi connectivity index (χ1n) is 9.21. The van der Waals surface area contributed by atoms with Gasteiger partial charge in [-0.1, -0.05) is 49.8 Å². The van der Waals surface area contributed by atoms with E-state index in [-0.39, 0.29) is 24.5 Å². The molecule has 0 heterocycles. The maximum Gasteiger partial charge on any atom is 0.460 e. The van der Waals surface area contributed by atoms with Gasteiger partial charge in [0, 0.05) is 17.0 Å². The lowest BCUT2D eigenvalue weighted by molar-refractivity contribution is -0.422. The highest BCUT2D eigenvalue weighted by Gasteiger charge is 2.86. The van der Waals surface area contributed by atoms with Crippen LogP contribution in [0.15, 0.2) is 0 Å². The molecule has 0 aromatic rings. The molecule has 0 spiro atoms. The van der Waals surface area contributed by atoms with Crippen molar-refractivity contribution in [2.24, 2.45) is 0 Å². The molecule has 0 bridgehead atoms. The van der Waals surface area contributed by atoms with Crippen molar-refractivity contribution in [3.8, 4) is 0 Å². The van der Waals surface area contributed by atoms with E-state index >= 15 is 0 Å². The van der Waals surface area contributed by atoms with Crippen LogP contribution in [0.4, 0.5) is 48.3 Å². The van der Waals surface area contributed by atoms with Gasteiger partial charge in [-0.25, -0.2) is 0 Å². The van der Waals surface area contributed by atoms with Crippen molar-refractivity contribution in [1.29, 1.82) is 0 Å². The molecule has 0 amide bonds. The molecule has 0 saturated carbocycles. The molecule has 0 aromatic heterocycles. The Morgan fingerprint density at radius 3 is 1.58 bits per heavy atom. The zero-order valence-corrected chi connectivity index (χ0v) is 20.7. The molecule has 1 unspecified atom stereocenters. The summed E-state index contributed by atoms with van der Waals surface area (Å²) in [4.78, 5) is 0. The fraction of sp³-hybridized carbons (Fsp3) is 1.00. The third-order valence-corrected chi connectivity index (χ3v) is 10.9. The molecular formula is C17H26F11IOSi. The van der Waals surface area contributed by atoms with Crippen LogP contribution in [0.25, 0.3) is 0 Å². The van der Waals surface area contributed by atoms with Crippen LogP contribution in [0.3, 0.4) is 0 Å². The number of alkyl halides is 12. The molecule has 0 rings (SSSR count). The second-order valence-corrected chi connectivity index (χ2v) is 15.4. The number of hydrogen-bond acceptors (Lipinski definition) is 1. The van der Waals surface area contributed by atoms with Crippen molar-refractivity contribution >= 4 is 30.9 Å². The summed E-state index contributed by atoms with van der Waals surface area (Å²) in [5.41, 5.74) is 0. The van der Waals surface area contributed by atoms with E-state index in [2.05, 4.69) is 0 Å². The molecule has 0 aromatic carbocycles. The van der Waals surface area contributed by atoms with Crippen molar-refractivity contribution in [3.63, 3.8) is 0 Å². The molecule has 0 fully saturated rings. The van der Waals surface area contributed by atoms with E-state index in [1.165, 1.54) is 22.6 Å². The Morgan fingerprint density at radius 2 is 1.19 bits per heavy atom. The summed E-state index contributed by atoms with van der Waals surface area (Å²) >= 11 is 1.25. The summed E-state index contributed by atoms with van der Waals surface area (Å²) in [5, 5.41) is -0.0872. The van der Waals surface area contributed by atoms with Gasteiger partial charge in [0.05, 0.1) is 0 Å². The van der Waals surface area contributed by atoms with Crippen molar-refractivity contribution in [2.75, 3.05) is 6.61 Å². The van der Waals surface area contributed by atoms with E-state index in [1.54, 1.807) is 0 Å². The molecule has 31 heavy (non-hydrogen) atoms. The fourth-order valence-corrected chi connectivity index (χ4v) is 4.21. The summed E-state index contributed by atoms with van der Waals surface area (Å²) in [6.45, 7) is 10.1. The molecule has 0 radical (unpaired) electrons. The van der Waals surface area contributed by atoms with Crippen LogP contribution in [0.5, 0.6) is 0 Å². The Balaban J connectivity index is 5.01. The molecule has 14 heteroatoms. The normalized spacial score (nSPS) is 16.5. The van der Waals surface area contributed by atoms with Crippen molar-refractivity contribution in [2.45, 2.75) is 98.4 Å². The smallest absolute Gasteiger partial charge is 0.417 e. The minimum atomic E-state index is -7.34. The first-order valence-corrected chi connectivity index (χ1v) is 13.4. The maximum atomic E-state index is 13.8. The molecule has 0 aliphatic rings. The largest absolute Gasteiger partial charge is 0.460 e. The predicted octanol–water partition coefficient (Wildman–Crippen LogP) is 8.48. The Kier molecular flexibility index (Phi) is 9.83. The third-order valence-electron chi connectivity index (χ3n) is 5.26. The first kappa shape index (κ1) is 31.1. The average Bonchev–Trinajstić information content (AvgIpc) is 2.51. The lowest BCUT2D eigenvalue weighted by Crippen LogP contribution is -2.66. The van der Waals surface area contributed by atoms with E-state index in [9.17, 15) is 48.3 Å². The van der Waals surface area contributed by atoms with E-state index in [0.29, 0.717) is 6.42 Å². The Labute approximate surface area is 188 Å². The number of halogens is 12. The topological polar surface area (TPSA) is 9.23 Å². The van der Waals surface area contributed by atoms with E-state index in [1.807, 2.05) is 33.9 Å². The second kappa shape index (κ2) is 9.78. The quantitative estimate of drug-likeness (QED) is 0.0750. The molecule has 188 valence electrons. The van der Waals surface area contributed by atoms with Gasteiger partial charge in [-0.2, -0.15) is 48.3 Å². The van der Waals surface area contributed by atoms with Gasteiger partial charge in [-0.05, 0) is 31.0 Å². The molecule has 0 aliphatic carbocycles. The molecular weight excluding hydrogens is 584 g/mol. The minimum Gasteiger partial charge on any atom is -0.417 e. The molecule has 0 aliphatic heterocycles. The number of hydrogen-bond donors (Lipinski definition) is 0. The van der Waals surface area contributed by atoms with Crippen LogP contribution in [0.2, 0.25) is 18.1 Å². The summed E-state index contributed by atoms with van der Waals surface area (Å²) in [5.74, 6) is -27.4. The van der Waals surface area contributed by atoms with Gasteiger partial charge >= 0.3 is 29.9 Å². The van der Waals surface area contributed by atoms with Crippen molar-refractivity contribution < 1.29 is 52.7 Å². The van der Waals surface area contributed by atoms with Crippen molar-refractivity contribution in [3.05, 3.63) is 0 Å². The van der Waals surface area contributed by atoms with Gasteiger partial charge in [0.15, 0.2) is 8.32 Å². The highest BCUT2D eigenvalue weighted by molar-refractivity contribution is 14.1. The van der Waals surface area contributed by atoms with Crippen molar-refractivity contribution in [1.82, 2.24) is 0 Å². The molecule has 0 N–H and O–H groups in total. The number of unbranched alkanes of at least 4 members (excludes halogenated alkanes) is 1. The van der Waals surface area contributed by atoms with Gasteiger partial charge in [0.1, 0.15) is 0 Å². The van der Waals surface area contributed by atoms with Crippen LogP contribution in [0, 0.1) is 0 Å². The lowest BCUT2D eigenvalue weighted by atomic mass is 9.94. The first-order chi connectivity index (χ1) is 13.4. The maximum absolute atomic E-state index is 13.8. The van der Waals surface area contributed by atoms with E-state index in [4.69, 9.17) is 4.43 Å². The fourth-order valence-electron chi connectivity index (χ4n) is 2.13. The van der Waals surface area contributed by atoms with Gasteiger partial charge in [0.2, 0.25) is 0 Å². The lowest BCUT2D eigenvalue weighted by Gasteiger charge is -2.37. The minimum absolute atomic E-state index is 0.0872. The Bertz CT molecular complexity index is 586. The Morgan fingerprint density at radius 1 is 0.742 bits per heavy atom. The molecule has 0 saturated heterocycles. The summed E-state index contributed by atoms with van der Waals surface area (Å²) in [6, 6.07) is 0. The standard InChI is InChI=1S/C17H26F11IOSi/c1-12(2,3)31(4,5)30-9-7-6-8-11(29)10-13(18,19)14(20,21)15(22,23)16(24,25)17(26,27)28/h11H,6-10H2,1-5H3. The zero-order valence-electron chi connectivity index (χ0n) is 17.6. The monoisotopic (exact) mass is 610 g/mol. The van der Waals surface area contributed by atoms with Gasteiger partial charge in [-0.3, -0.25) is 0 Å². The van der Waals surface area contributed by atoms with E-state index in [0.717, 1.165) is 0 Å². The van der Waals surface area contributed by atoms with Gasteiger partial charge in [0.25, 0.3) is 0 Å². The summed E-state index contributed by atoms with van der Waals surface area (Å²) in [7, 11) is -2.07. The van der Waals surface area contributed by atoms with Crippen LogP contribution < -0.4 is 0 Å². The van der Waals surface area contributed by atoms with Crippen LogP contribution in [-0.4, -0.2) is 48.7 Å². The molecule has 1 atom stereocenters. The van der Waals surface area contributed by atoms with Gasteiger partial charge < -0.3 is 4.43 Å². The second-order valence-electron chi connectivity index (χ2n) is 8.83. The van der Waals surface area contributed by atoms with Gasteiger partial charge in [-0.15, -0.1) is 0 Å². The summed E-state index contributed by atoms with van der Waals surface area (Å²) < 4.78 is 148. The SMILES string of the molecule is CC(C)(C)[Si](C)(C)OCCCCC(I)CC(F)(F)C(F)(F)C(F)(F)C(F)(F)C(F)(F)F. The zero-order chi connectivity index (χ0) is 25.3. The highest BCUT2D eigenvalue weighted by Crippen LogP contribution is 2.58. The van der Waals surface area contributed by atoms with Crippen LogP contribution in [-0.2, 0) is 4.43 Å².